The fourth-order valence-electron chi connectivity index (χ4n) is 6.20. The molecule has 3 atom stereocenters. The summed E-state index contributed by atoms with van der Waals surface area (Å²) in [4.78, 5) is 2.89. The van der Waals surface area contributed by atoms with Crippen LogP contribution >= 0.6 is 0 Å². The maximum atomic E-state index is 3.83. The first-order chi connectivity index (χ1) is 10.2. The maximum absolute atomic E-state index is 3.83. The van der Waals surface area contributed by atoms with E-state index in [1.807, 2.05) is 0 Å². The van der Waals surface area contributed by atoms with Crippen LogP contribution in [0.1, 0.15) is 71.6 Å². The van der Waals surface area contributed by atoms with Gasteiger partial charge in [0, 0.05) is 11.6 Å². The van der Waals surface area contributed by atoms with E-state index < -0.39 is 0 Å². The van der Waals surface area contributed by atoms with Crippen molar-refractivity contribution in [2.75, 3.05) is 20.1 Å². The molecular formula is C19H36N2. The molecule has 1 heterocycles. The van der Waals surface area contributed by atoms with Crippen LogP contribution in [0.5, 0.6) is 0 Å². The fraction of sp³-hybridized carbons (Fsp3) is 1.00. The van der Waals surface area contributed by atoms with Gasteiger partial charge in [-0.2, -0.15) is 0 Å². The van der Waals surface area contributed by atoms with E-state index in [9.17, 15) is 0 Å². The Kier molecular flexibility index (Phi) is 4.95. The second kappa shape index (κ2) is 6.58. The van der Waals surface area contributed by atoms with Gasteiger partial charge in [0.05, 0.1) is 0 Å². The van der Waals surface area contributed by atoms with Crippen LogP contribution in [0.2, 0.25) is 0 Å². The van der Waals surface area contributed by atoms with Gasteiger partial charge in [-0.3, -0.25) is 4.90 Å². The lowest BCUT2D eigenvalue weighted by molar-refractivity contribution is 0.0309. The zero-order valence-corrected chi connectivity index (χ0v) is 14.5. The summed E-state index contributed by atoms with van der Waals surface area (Å²) in [6.45, 7) is 7.67. The van der Waals surface area contributed by atoms with E-state index in [4.69, 9.17) is 0 Å². The highest BCUT2D eigenvalue weighted by atomic mass is 15.2. The molecule has 0 aromatic heterocycles. The molecule has 2 saturated carbocycles. The van der Waals surface area contributed by atoms with Crippen LogP contribution in [0, 0.1) is 17.8 Å². The van der Waals surface area contributed by atoms with Crippen LogP contribution in [0.25, 0.3) is 0 Å². The monoisotopic (exact) mass is 292 g/mol. The topological polar surface area (TPSA) is 15.3 Å². The molecule has 3 rings (SSSR count). The van der Waals surface area contributed by atoms with Gasteiger partial charge in [0.1, 0.15) is 0 Å². The molecule has 1 saturated heterocycles. The van der Waals surface area contributed by atoms with Crippen molar-refractivity contribution in [3.8, 4) is 0 Å². The van der Waals surface area contributed by atoms with Crippen molar-refractivity contribution in [1.29, 1.82) is 0 Å². The highest BCUT2D eigenvalue weighted by molar-refractivity contribution is 5.07. The van der Waals surface area contributed by atoms with Gasteiger partial charge in [0.2, 0.25) is 0 Å². The lowest BCUT2D eigenvalue weighted by atomic mass is 9.68. The average Bonchev–Trinajstić information content (AvgIpc) is 3.10. The van der Waals surface area contributed by atoms with Crippen LogP contribution in [0.4, 0.5) is 0 Å². The Bertz CT molecular complexity index is 318. The number of hydrogen-bond donors (Lipinski definition) is 1. The normalized spacial score (nSPS) is 38.7. The molecule has 21 heavy (non-hydrogen) atoms. The van der Waals surface area contributed by atoms with E-state index in [0.29, 0.717) is 5.54 Å². The van der Waals surface area contributed by atoms with Gasteiger partial charge in [0.15, 0.2) is 0 Å². The smallest absolute Gasteiger partial charge is 0.0365 e. The van der Waals surface area contributed by atoms with Crippen molar-refractivity contribution in [1.82, 2.24) is 10.2 Å². The molecule has 0 spiro atoms. The number of likely N-dealkylation sites (N-methyl/N-ethyl adjacent to an activating group) is 1. The Balaban J connectivity index is 1.81. The summed E-state index contributed by atoms with van der Waals surface area (Å²) in [6, 6.07) is 0.725. The Labute approximate surface area is 132 Å². The zero-order chi connectivity index (χ0) is 14.9. The minimum atomic E-state index is 0.493. The third-order valence-corrected chi connectivity index (χ3v) is 6.78. The minimum Gasteiger partial charge on any atom is -0.315 e. The number of nitrogens with zero attached hydrogens (tertiary/aromatic N) is 1. The molecular weight excluding hydrogens is 256 g/mol. The van der Waals surface area contributed by atoms with Crippen LogP contribution in [-0.2, 0) is 0 Å². The summed E-state index contributed by atoms with van der Waals surface area (Å²) in [5.41, 5.74) is 0.493. The van der Waals surface area contributed by atoms with Crippen LogP contribution in [0.3, 0.4) is 0 Å². The molecule has 3 unspecified atom stereocenters. The second-order valence-corrected chi connectivity index (χ2v) is 8.45. The van der Waals surface area contributed by atoms with Gasteiger partial charge < -0.3 is 5.32 Å². The highest BCUT2D eigenvalue weighted by Crippen LogP contribution is 2.46. The molecule has 2 aliphatic carbocycles. The first-order valence-corrected chi connectivity index (χ1v) is 9.58. The first kappa shape index (κ1) is 15.8. The van der Waals surface area contributed by atoms with Crippen molar-refractivity contribution < 1.29 is 0 Å². The van der Waals surface area contributed by atoms with Gasteiger partial charge in [-0.25, -0.2) is 0 Å². The van der Waals surface area contributed by atoms with E-state index in [-0.39, 0.29) is 0 Å². The summed E-state index contributed by atoms with van der Waals surface area (Å²) in [5, 5.41) is 3.83. The van der Waals surface area contributed by atoms with Gasteiger partial charge in [-0.15, -0.1) is 0 Å². The number of hydrogen-bond acceptors (Lipinski definition) is 2. The third kappa shape index (κ3) is 3.03. The summed E-state index contributed by atoms with van der Waals surface area (Å²) in [6.07, 6.45) is 13.0. The minimum absolute atomic E-state index is 0.493. The first-order valence-electron chi connectivity index (χ1n) is 9.58. The Morgan fingerprint density at radius 3 is 2.00 bits per heavy atom. The van der Waals surface area contributed by atoms with Gasteiger partial charge in [0.25, 0.3) is 0 Å². The van der Waals surface area contributed by atoms with Crippen molar-refractivity contribution in [2.45, 2.75) is 83.2 Å². The summed E-state index contributed by atoms with van der Waals surface area (Å²) < 4.78 is 0. The molecule has 1 aliphatic heterocycles. The van der Waals surface area contributed by atoms with E-state index in [0.717, 1.165) is 23.8 Å². The van der Waals surface area contributed by atoms with E-state index >= 15 is 0 Å². The van der Waals surface area contributed by atoms with Crippen molar-refractivity contribution >= 4 is 0 Å². The summed E-state index contributed by atoms with van der Waals surface area (Å²) in [5.74, 6) is 2.74. The molecule has 2 heteroatoms. The van der Waals surface area contributed by atoms with Crippen LogP contribution in [0.15, 0.2) is 0 Å². The predicted octanol–water partition coefficient (Wildman–Crippen LogP) is 4.06. The maximum Gasteiger partial charge on any atom is 0.0365 e. The van der Waals surface area contributed by atoms with Gasteiger partial charge >= 0.3 is 0 Å². The lowest BCUT2D eigenvalue weighted by Crippen LogP contribution is -2.61. The molecule has 0 aromatic rings. The quantitative estimate of drug-likeness (QED) is 0.841. The molecule has 3 fully saturated rings. The summed E-state index contributed by atoms with van der Waals surface area (Å²) in [7, 11) is 2.24. The number of nitrogens with one attached hydrogen (secondary N) is 1. The average molecular weight is 293 g/mol. The molecule has 122 valence electrons. The Hall–Kier alpha value is -0.0800. The van der Waals surface area contributed by atoms with Gasteiger partial charge in [-0.05, 0) is 82.8 Å². The lowest BCUT2D eigenvalue weighted by Gasteiger charge is -2.50. The Morgan fingerprint density at radius 1 is 0.905 bits per heavy atom. The standard InChI is InChI=1S/C19H36N2/c1-15-12-16(2)14-17(13-15)18(20-3)19(8-4-5-9-19)21-10-6-7-11-21/h15-18,20H,4-14H2,1-3H3. The van der Waals surface area contributed by atoms with E-state index in [1.54, 1.807) is 0 Å². The number of rotatable bonds is 4. The van der Waals surface area contributed by atoms with E-state index in [2.05, 4.69) is 31.1 Å². The fourth-order valence-corrected chi connectivity index (χ4v) is 6.20. The summed E-state index contributed by atoms with van der Waals surface area (Å²) >= 11 is 0. The van der Waals surface area contributed by atoms with Gasteiger partial charge in [-0.1, -0.05) is 26.7 Å². The largest absolute Gasteiger partial charge is 0.315 e. The zero-order valence-electron chi connectivity index (χ0n) is 14.5. The third-order valence-electron chi connectivity index (χ3n) is 6.78. The number of likely N-dealkylation sites (tertiary alicyclic amines) is 1. The highest BCUT2D eigenvalue weighted by Gasteiger charge is 2.49. The SMILES string of the molecule is CNC(C1CC(C)CC(C)C1)C1(N2CCCC2)CCCC1. The van der Waals surface area contributed by atoms with Crippen LogP contribution < -0.4 is 5.32 Å². The molecule has 0 bridgehead atoms. The van der Waals surface area contributed by atoms with Crippen LogP contribution in [-0.4, -0.2) is 36.6 Å². The molecule has 3 aliphatic rings. The molecule has 2 nitrogen and oxygen atoms in total. The predicted molar refractivity (Wildman–Crippen MR) is 90.5 cm³/mol. The van der Waals surface area contributed by atoms with Crippen molar-refractivity contribution in [3.05, 3.63) is 0 Å². The molecule has 0 aromatic carbocycles. The molecule has 0 radical (unpaired) electrons. The molecule has 1 N–H and O–H groups in total. The van der Waals surface area contributed by atoms with Crippen molar-refractivity contribution in [3.63, 3.8) is 0 Å². The molecule has 0 amide bonds. The second-order valence-electron chi connectivity index (χ2n) is 8.45. The van der Waals surface area contributed by atoms with Crippen molar-refractivity contribution in [2.24, 2.45) is 17.8 Å². The van der Waals surface area contributed by atoms with E-state index in [1.165, 1.54) is 70.9 Å². The Morgan fingerprint density at radius 2 is 1.48 bits per heavy atom.